The van der Waals surface area contributed by atoms with E-state index in [-0.39, 0.29) is 6.04 Å². The summed E-state index contributed by atoms with van der Waals surface area (Å²) < 4.78 is 27.6. The van der Waals surface area contributed by atoms with Gasteiger partial charge < -0.3 is 5.32 Å². The Morgan fingerprint density at radius 1 is 1.40 bits per heavy atom. The van der Waals surface area contributed by atoms with E-state index in [2.05, 4.69) is 17.0 Å². The van der Waals surface area contributed by atoms with Crippen LogP contribution >= 0.6 is 23.1 Å². The molecular formula is C13H24N2O2S3. The zero-order chi connectivity index (χ0) is 15.0. The van der Waals surface area contributed by atoms with Gasteiger partial charge in [0, 0.05) is 12.6 Å². The van der Waals surface area contributed by atoms with Gasteiger partial charge in [-0.2, -0.15) is 11.8 Å². The highest BCUT2D eigenvalue weighted by molar-refractivity contribution is 7.99. The smallest absolute Gasteiger partial charge is 0.250 e. The summed E-state index contributed by atoms with van der Waals surface area (Å²) in [5, 5.41) is 5.09. The van der Waals surface area contributed by atoms with Crippen LogP contribution in [-0.4, -0.2) is 32.5 Å². The third-order valence-corrected chi connectivity index (χ3v) is 6.74. The van der Waals surface area contributed by atoms with Gasteiger partial charge in [-0.1, -0.05) is 13.8 Å². The Labute approximate surface area is 130 Å². The molecule has 0 bridgehead atoms. The maximum absolute atomic E-state index is 12.2. The molecule has 0 saturated carbocycles. The molecule has 0 radical (unpaired) electrons. The molecule has 1 heterocycles. The molecule has 1 atom stereocenters. The average molecular weight is 337 g/mol. The largest absolute Gasteiger partial charge is 0.313 e. The van der Waals surface area contributed by atoms with E-state index in [4.69, 9.17) is 0 Å². The monoisotopic (exact) mass is 336 g/mol. The molecule has 4 nitrogen and oxygen atoms in total. The molecule has 0 aliphatic heterocycles. The van der Waals surface area contributed by atoms with Crippen LogP contribution in [0.3, 0.4) is 0 Å². The summed E-state index contributed by atoms with van der Waals surface area (Å²) in [6, 6.07) is 1.72. The lowest BCUT2D eigenvalue weighted by Crippen LogP contribution is -2.32. The van der Waals surface area contributed by atoms with E-state index in [0.717, 1.165) is 30.0 Å². The molecule has 0 aliphatic carbocycles. The van der Waals surface area contributed by atoms with Crippen molar-refractivity contribution in [2.45, 2.75) is 44.0 Å². The van der Waals surface area contributed by atoms with Crippen molar-refractivity contribution >= 4 is 33.1 Å². The van der Waals surface area contributed by atoms with E-state index in [9.17, 15) is 8.42 Å². The lowest BCUT2D eigenvalue weighted by Gasteiger charge is -2.12. The third-order valence-electron chi connectivity index (χ3n) is 2.73. The predicted molar refractivity (Wildman–Crippen MR) is 89.1 cm³/mol. The van der Waals surface area contributed by atoms with Crippen molar-refractivity contribution in [2.75, 3.05) is 18.1 Å². The summed E-state index contributed by atoms with van der Waals surface area (Å²) in [6.45, 7) is 7.65. The van der Waals surface area contributed by atoms with Crippen LogP contribution in [0.5, 0.6) is 0 Å². The summed E-state index contributed by atoms with van der Waals surface area (Å²) >= 11 is 3.11. The van der Waals surface area contributed by atoms with Crippen LogP contribution in [0, 0.1) is 0 Å². The van der Waals surface area contributed by atoms with Crippen molar-refractivity contribution in [2.24, 2.45) is 0 Å². The second-order valence-corrected chi connectivity index (χ2v) is 8.81. The van der Waals surface area contributed by atoms with Gasteiger partial charge in [-0.3, -0.25) is 0 Å². The zero-order valence-electron chi connectivity index (χ0n) is 12.3. The van der Waals surface area contributed by atoms with Gasteiger partial charge in [0.25, 0.3) is 0 Å². The van der Waals surface area contributed by atoms with Gasteiger partial charge in [0.05, 0.1) is 0 Å². The number of nitrogens with one attached hydrogen (secondary N) is 2. The maximum atomic E-state index is 12.2. The van der Waals surface area contributed by atoms with E-state index in [0.29, 0.717) is 10.8 Å². The van der Waals surface area contributed by atoms with Crippen LogP contribution in [0.1, 0.15) is 32.8 Å². The molecule has 0 fully saturated rings. The van der Waals surface area contributed by atoms with E-state index >= 15 is 0 Å². The normalized spacial score (nSPS) is 13.6. The van der Waals surface area contributed by atoms with Gasteiger partial charge >= 0.3 is 0 Å². The van der Waals surface area contributed by atoms with Crippen molar-refractivity contribution in [1.82, 2.24) is 10.0 Å². The Morgan fingerprint density at radius 3 is 2.80 bits per heavy atom. The highest BCUT2D eigenvalue weighted by atomic mass is 32.2. The van der Waals surface area contributed by atoms with Crippen LogP contribution in [0.15, 0.2) is 15.7 Å². The minimum Gasteiger partial charge on any atom is -0.313 e. The van der Waals surface area contributed by atoms with Crippen molar-refractivity contribution in [1.29, 1.82) is 0 Å². The first kappa shape index (κ1) is 18.0. The number of thiophene rings is 1. The van der Waals surface area contributed by atoms with Gasteiger partial charge in [0.1, 0.15) is 4.21 Å². The van der Waals surface area contributed by atoms with Crippen molar-refractivity contribution < 1.29 is 8.42 Å². The molecule has 2 N–H and O–H groups in total. The van der Waals surface area contributed by atoms with E-state index in [1.807, 2.05) is 31.0 Å². The summed E-state index contributed by atoms with van der Waals surface area (Å²) in [6.07, 6.45) is 0.855. The van der Waals surface area contributed by atoms with Crippen LogP contribution in [0.25, 0.3) is 0 Å². The molecule has 20 heavy (non-hydrogen) atoms. The second-order valence-electron chi connectivity index (χ2n) is 4.56. The molecule has 0 spiro atoms. The average Bonchev–Trinajstić information content (AvgIpc) is 2.85. The summed E-state index contributed by atoms with van der Waals surface area (Å²) in [5.41, 5.74) is 1.02. The van der Waals surface area contributed by atoms with Gasteiger partial charge in [-0.05, 0) is 48.4 Å². The molecule has 0 aliphatic rings. The lowest BCUT2D eigenvalue weighted by atomic mass is 10.3. The Balaban J connectivity index is 2.57. The van der Waals surface area contributed by atoms with Crippen LogP contribution in [-0.2, 0) is 16.6 Å². The Hall–Kier alpha value is -0.0800. The zero-order valence-corrected chi connectivity index (χ0v) is 14.8. The van der Waals surface area contributed by atoms with Crippen LogP contribution < -0.4 is 10.0 Å². The SMILES string of the molecule is CCNCc1csc(S(=O)(=O)NC(C)CCSCC)c1. The molecule has 1 rings (SSSR count). The van der Waals surface area contributed by atoms with Crippen LogP contribution in [0.4, 0.5) is 0 Å². The first-order valence-corrected chi connectivity index (χ1v) is 10.4. The first-order chi connectivity index (χ1) is 9.49. The Bertz CT molecular complexity index is 486. The van der Waals surface area contributed by atoms with Gasteiger partial charge in [0.15, 0.2) is 0 Å². The fourth-order valence-corrected chi connectivity index (χ4v) is 4.96. The number of hydrogen-bond donors (Lipinski definition) is 2. The fraction of sp³-hybridized carbons (Fsp3) is 0.692. The van der Waals surface area contributed by atoms with Crippen molar-refractivity contribution in [3.63, 3.8) is 0 Å². The topological polar surface area (TPSA) is 58.2 Å². The molecule has 0 amide bonds. The van der Waals surface area contributed by atoms with Crippen LogP contribution in [0.2, 0.25) is 0 Å². The van der Waals surface area contributed by atoms with Crippen molar-refractivity contribution in [3.05, 3.63) is 17.0 Å². The van der Waals surface area contributed by atoms with Crippen molar-refractivity contribution in [3.8, 4) is 0 Å². The fourth-order valence-electron chi connectivity index (χ4n) is 1.64. The predicted octanol–water partition coefficient (Wildman–Crippen LogP) is 2.67. The standard InChI is InChI=1S/C13H24N2O2S3/c1-4-14-9-12-8-13(19-10-12)20(16,17)15-11(3)6-7-18-5-2/h8,10-11,14-15H,4-7,9H2,1-3H3. The molecule has 1 aromatic rings. The highest BCUT2D eigenvalue weighted by Gasteiger charge is 2.19. The molecule has 1 aromatic heterocycles. The molecule has 0 aromatic carbocycles. The summed E-state index contributed by atoms with van der Waals surface area (Å²) in [5.74, 6) is 2.05. The Morgan fingerprint density at radius 2 is 2.15 bits per heavy atom. The van der Waals surface area contributed by atoms with E-state index in [1.165, 1.54) is 11.3 Å². The summed E-state index contributed by atoms with van der Waals surface area (Å²) in [7, 11) is -3.37. The third kappa shape index (κ3) is 6.13. The molecule has 0 saturated heterocycles. The molecule has 7 heteroatoms. The maximum Gasteiger partial charge on any atom is 0.250 e. The number of sulfonamides is 1. The van der Waals surface area contributed by atoms with E-state index in [1.54, 1.807) is 6.07 Å². The minimum absolute atomic E-state index is 0.0293. The minimum atomic E-state index is -3.37. The first-order valence-electron chi connectivity index (χ1n) is 6.87. The van der Waals surface area contributed by atoms with E-state index < -0.39 is 10.0 Å². The molecular weight excluding hydrogens is 312 g/mol. The number of hydrogen-bond acceptors (Lipinski definition) is 5. The van der Waals surface area contributed by atoms with Gasteiger partial charge in [-0.15, -0.1) is 11.3 Å². The number of rotatable bonds is 10. The lowest BCUT2D eigenvalue weighted by molar-refractivity contribution is 0.559. The molecule has 116 valence electrons. The summed E-state index contributed by atoms with van der Waals surface area (Å²) in [4.78, 5) is 0. The second kappa shape index (κ2) is 9.04. The molecule has 1 unspecified atom stereocenters. The quantitative estimate of drug-likeness (QED) is 0.645. The Kier molecular flexibility index (Phi) is 8.13. The van der Waals surface area contributed by atoms with Gasteiger partial charge in [-0.25, -0.2) is 13.1 Å². The highest BCUT2D eigenvalue weighted by Crippen LogP contribution is 2.20. The number of thioether (sulfide) groups is 1. The van der Waals surface area contributed by atoms with Gasteiger partial charge in [0.2, 0.25) is 10.0 Å².